The van der Waals surface area contributed by atoms with Crippen molar-refractivity contribution < 1.29 is 22.8 Å². The third-order valence-electron chi connectivity index (χ3n) is 4.64. The number of hydrogen-bond acceptors (Lipinski definition) is 4. The fraction of sp³-hybridized carbons (Fsp3) is 0.125. The van der Waals surface area contributed by atoms with Crippen molar-refractivity contribution in [1.29, 1.82) is 0 Å². The molecule has 7 nitrogen and oxygen atoms in total. The number of alkyl halides is 3. The lowest BCUT2D eigenvalue weighted by atomic mass is 10.2. The lowest BCUT2D eigenvalue weighted by molar-refractivity contribution is -0.137. The largest absolute Gasteiger partial charge is 0.416 e. The summed E-state index contributed by atoms with van der Waals surface area (Å²) in [5, 5.41) is 8.77. The van der Waals surface area contributed by atoms with E-state index < -0.39 is 23.7 Å². The van der Waals surface area contributed by atoms with E-state index in [2.05, 4.69) is 21.2 Å². The molecule has 3 amide bonds. The first-order valence-electron chi connectivity index (χ1n) is 10.1. The minimum atomic E-state index is -4.51. The van der Waals surface area contributed by atoms with Gasteiger partial charge in [-0.25, -0.2) is 10.2 Å². The van der Waals surface area contributed by atoms with Crippen LogP contribution < -0.4 is 21.0 Å². The van der Waals surface area contributed by atoms with E-state index in [0.717, 1.165) is 23.4 Å². The first-order valence-corrected chi connectivity index (χ1v) is 10.1. The van der Waals surface area contributed by atoms with Crippen molar-refractivity contribution in [3.63, 3.8) is 0 Å². The third-order valence-corrected chi connectivity index (χ3v) is 4.64. The number of hydrazone groups is 1. The zero-order valence-corrected chi connectivity index (χ0v) is 18.4. The van der Waals surface area contributed by atoms with Crippen LogP contribution in [0.25, 0.3) is 0 Å². The summed E-state index contributed by atoms with van der Waals surface area (Å²) in [6.45, 7) is 0. The lowest BCUT2D eigenvalue weighted by Crippen LogP contribution is -2.20. The Morgan fingerprint density at radius 1 is 0.882 bits per heavy atom. The van der Waals surface area contributed by atoms with Crippen LogP contribution in [0.4, 0.5) is 35.0 Å². The Bertz CT molecular complexity index is 1170. The van der Waals surface area contributed by atoms with Gasteiger partial charge in [-0.05, 0) is 60.2 Å². The van der Waals surface area contributed by atoms with Crippen LogP contribution in [0.5, 0.6) is 0 Å². The van der Waals surface area contributed by atoms with Gasteiger partial charge in [-0.3, -0.25) is 4.79 Å². The van der Waals surface area contributed by atoms with Crippen molar-refractivity contribution in [2.24, 2.45) is 5.10 Å². The fourth-order valence-electron chi connectivity index (χ4n) is 2.86. The quantitative estimate of drug-likeness (QED) is 0.344. The summed E-state index contributed by atoms with van der Waals surface area (Å²) < 4.78 is 38.4. The summed E-state index contributed by atoms with van der Waals surface area (Å²) >= 11 is 0. The molecule has 0 aromatic heterocycles. The van der Waals surface area contributed by atoms with Crippen molar-refractivity contribution >= 4 is 35.2 Å². The van der Waals surface area contributed by atoms with Gasteiger partial charge in [0.1, 0.15) is 0 Å². The predicted molar refractivity (Wildman–Crippen MR) is 126 cm³/mol. The van der Waals surface area contributed by atoms with Gasteiger partial charge in [-0.15, -0.1) is 0 Å². The Balaban J connectivity index is 1.53. The van der Waals surface area contributed by atoms with Gasteiger partial charge in [-0.1, -0.05) is 18.2 Å². The summed E-state index contributed by atoms with van der Waals surface area (Å²) in [5.74, 6) is -0.443. The molecule has 0 aliphatic carbocycles. The van der Waals surface area contributed by atoms with Crippen molar-refractivity contribution in [3.05, 3.63) is 89.5 Å². The van der Waals surface area contributed by atoms with E-state index in [1.54, 1.807) is 0 Å². The Kier molecular flexibility index (Phi) is 7.52. The highest BCUT2D eigenvalue weighted by Gasteiger charge is 2.30. The number of rotatable bonds is 6. The molecule has 0 aliphatic heterocycles. The molecule has 0 heterocycles. The Hall–Kier alpha value is -4.34. The molecule has 0 aliphatic rings. The highest BCUT2D eigenvalue weighted by Crippen LogP contribution is 2.30. The van der Waals surface area contributed by atoms with Gasteiger partial charge in [0.2, 0.25) is 0 Å². The zero-order valence-electron chi connectivity index (χ0n) is 18.4. The smallest absolute Gasteiger partial charge is 0.378 e. The maximum atomic E-state index is 12.8. The zero-order chi connectivity index (χ0) is 24.7. The van der Waals surface area contributed by atoms with Gasteiger partial charge in [0.25, 0.3) is 5.91 Å². The van der Waals surface area contributed by atoms with E-state index in [1.807, 2.05) is 43.3 Å². The molecule has 0 atom stereocenters. The fourth-order valence-corrected chi connectivity index (χ4v) is 2.86. The average molecular weight is 469 g/mol. The van der Waals surface area contributed by atoms with Crippen LogP contribution in [-0.4, -0.2) is 32.2 Å². The number of hydrogen-bond donors (Lipinski definition) is 3. The molecule has 3 aromatic rings. The summed E-state index contributed by atoms with van der Waals surface area (Å²) in [7, 11) is 3.87. The molecular weight excluding hydrogens is 447 g/mol. The maximum Gasteiger partial charge on any atom is 0.416 e. The Labute approximate surface area is 194 Å². The summed E-state index contributed by atoms with van der Waals surface area (Å²) in [6, 6.07) is 17.1. The van der Waals surface area contributed by atoms with Crippen molar-refractivity contribution in [2.45, 2.75) is 6.18 Å². The van der Waals surface area contributed by atoms with Crippen LogP contribution in [-0.2, 0) is 6.18 Å². The van der Waals surface area contributed by atoms with Gasteiger partial charge >= 0.3 is 12.2 Å². The molecule has 10 heteroatoms. The van der Waals surface area contributed by atoms with E-state index >= 15 is 0 Å². The van der Waals surface area contributed by atoms with E-state index in [-0.39, 0.29) is 5.69 Å². The molecule has 34 heavy (non-hydrogen) atoms. The minimum absolute atomic E-state index is 0.00228. The summed E-state index contributed by atoms with van der Waals surface area (Å²) in [6.07, 6.45) is -2.99. The number of benzene rings is 3. The molecule has 0 saturated carbocycles. The molecule has 0 unspecified atom stereocenters. The second-order valence-electron chi connectivity index (χ2n) is 7.42. The Morgan fingerprint density at radius 2 is 1.53 bits per heavy atom. The molecular formula is C24H22F3N5O2. The van der Waals surface area contributed by atoms with E-state index in [4.69, 9.17) is 0 Å². The summed E-state index contributed by atoms with van der Waals surface area (Å²) in [5.41, 5.74) is 4.07. The monoisotopic (exact) mass is 469 g/mol. The number of carbonyl (C=O) groups excluding carboxylic acids is 2. The second-order valence-corrected chi connectivity index (χ2v) is 7.42. The second kappa shape index (κ2) is 10.5. The van der Waals surface area contributed by atoms with Gasteiger partial charge < -0.3 is 15.5 Å². The predicted octanol–water partition coefficient (Wildman–Crippen LogP) is 5.18. The number of halogens is 3. The van der Waals surface area contributed by atoms with Gasteiger partial charge in [0.15, 0.2) is 0 Å². The molecule has 0 fully saturated rings. The minimum Gasteiger partial charge on any atom is -0.378 e. The van der Waals surface area contributed by atoms with Crippen LogP contribution >= 0.6 is 0 Å². The molecule has 0 radical (unpaired) electrons. The van der Waals surface area contributed by atoms with Crippen LogP contribution in [0.2, 0.25) is 0 Å². The first kappa shape index (κ1) is 24.3. The standard InChI is InChI=1S/C24H22F3N5O2/c1-32(2)21-12-6-16(7-13-21)15-28-31-22(33)17-8-10-19(11-9-17)29-23(34)30-20-5-3-4-18(14-20)24(25,26)27/h3-15H,1-2H3,(H,31,33)(H2,29,30,34). The topological polar surface area (TPSA) is 85.8 Å². The highest BCUT2D eigenvalue weighted by atomic mass is 19.4. The molecule has 3 rings (SSSR count). The van der Waals surface area contributed by atoms with Crippen molar-refractivity contribution in [2.75, 3.05) is 29.6 Å². The van der Waals surface area contributed by atoms with Crippen molar-refractivity contribution in [3.8, 4) is 0 Å². The van der Waals surface area contributed by atoms with E-state index in [0.29, 0.717) is 11.3 Å². The molecule has 0 saturated heterocycles. The van der Waals surface area contributed by atoms with Crippen LogP contribution in [0.3, 0.4) is 0 Å². The van der Waals surface area contributed by atoms with E-state index in [1.165, 1.54) is 42.6 Å². The van der Waals surface area contributed by atoms with Crippen LogP contribution in [0.1, 0.15) is 21.5 Å². The number of amides is 3. The Morgan fingerprint density at radius 3 is 2.15 bits per heavy atom. The van der Waals surface area contributed by atoms with E-state index in [9.17, 15) is 22.8 Å². The van der Waals surface area contributed by atoms with Gasteiger partial charge in [0.05, 0.1) is 11.8 Å². The van der Waals surface area contributed by atoms with Gasteiger partial charge in [-0.2, -0.15) is 18.3 Å². The number of anilines is 3. The first-order chi connectivity index (χ1) is 16.1. The number of nitrogens with zero attached hydrogens (tertiary/aromatic N) is 2. The normalized spacial score (nSPS) is 11.2. The number of urea groups is 1. The molecule has 0 bridgehead atoms. The van der Waals surface area contributed by atoms with Crippen LogP contribution in [0, 0.1) is 0 Å². The number of carbonyl (C=O) groups is 2. The van der Waals surface area contributed by atoms with Gasteiger partial charge in [0, 0.05) is 36.7 Å². The van der Waals surface area contributed by atoms with Crippen molar-refractivity contribution in [1.82, 2.24) is 5.43 Å². The maximum absolute atomic E-state index is 12.8. The average Bonchev–Trinajstić information content (AvgIpc) is 2.79. The highest BCUT2D eigenvalue weighted by molar-refractivity contribution is 6.00. The molecule has 3 aromatic carbocycles. The number of nitrogens with one attached hydrogen (secondary N) is 3. The molecule has 176 valence electrons. The molecule has 3 N–H and O–H groups in total. The third kappa shape index (κ3) is 6.83. The van der Waals surface area contributed by atoms with Crippen LogP contribution in [0.15, 0.2) is 77.9 Å². The summed E-state index contributed by atoms with van der Waals surface area (Å²) in [4.78, 5) is 26.3. The molecule has 0 spiro atoms. The lowest BCUT2D eigenvalue weighted by Gasteiger charge is -2.11. The SMILES string of the molecule is CN(C)c1ccc(C=NNC(=O)c2ccc(NC(=O)Nc3cccc(C(F)(F)F)c3)cc2)cc1.